The maximum Gasteiger partial charge on any atom is 0.217 e. The summed E-state index contributed by atoms with van der Waals surface area (Å²) in [5, 5.41) is 0. The number of unbranched alkanes of at least 4 members (excludes halogenated alkanes) is 33. The number of hydrogen-bond donors (Lipinski definition) is 1. The summed E-state index contributed by atoms with van der Waals surface area (Å²) in [5.41, 5.74) is 5.17. The lowest BCUT2D eigenvalue weighted by Gasteiger charge is -2.05. The third-order valence-corrected chi connectivity index (χ3v) is 8.78. The first-order valence-corrected chi connectivity index (χ1v) is 18.6. The van der Waals surface area contributed by atoms with E-state index in [-0.39, 0.29) is 5.91 Å². The first-order chi connectivity index (χ1) is 19.3. The topological polar surface area (TPSA) is 43.1 Å². The summed E-state index contributed by atoms with van der Waals surface area (Å²) < 4.78 is 0. The number of carbonyl (C=O) groups excluding carboxylic acids is 1. The van der Waals surface area contributed by atoms with Crippen molar-refractivity contribution in [1.29, 1.82) is 0 Å². The molecule has 0 aliphatic carbocycles. The summed E-state index contributed by atoms with van der Waals surface area (Å²) in [4.78, 5) is 10.7. The van der Waals surface area contributed by atoms with E-state index in [9.17, 15) is 4.79 Å². The number of rotatable bonds is 35. The van der Waals surface area contributed by atoms with Gasteiger partial charge in [-0.25, -0.2) is 0 Å². The Kier molecular flexibility index (Phi) is 35.0. The first-order valence-electron chi connectivity index (χ1n) is 18.6. The number of amides is 1. The van der Waals surface area contributed by atoms with Crippen LogP contribution in [-0.4, -0.2) is 5.91 Å². The Morgan fingerprint density at radius 3 is 0.615 bits per heavy atom. The molecule has 0 aliphatic rings. The van der Waals surface area contributed by atoms with Gasteiger partial charge in [-0.2, -0.15) is 0 Å². The Balaban J connectivity index is 3.02. The van der Waals surface area contributed by atoms with Crippen LogP contribution in [0.2, 0.25) is 0 Å². The van der Waals surface area contributed by atoms with Gasteiger partial charge in [-0.15, -0.1) is 0 Å². The zero-order valence-electron chi connectivity index (χ0n) is 27.2. The third kappa shape index (κ3) is 37.5. The first kappa shape index (κ1) is 38.5. The molecule has 0 atom stereocenters. The van der Waals surface area contributed by atoms with Gasteiger partial charge in [0.1, 0.15) is 0 Å². The van der Waals surface area contributed by atoms with E-state index in [0.717, 1.165) is 6.42 Å². The fourth-order valence-corrected chi connectivity index (χ4v) is 6.03. The fourth-order valence-electron chi connectivity index (χ4n) is 6.03. The number of hydrogen-bond acceptors (Lipinski definition) is 1. The molecule has 0 bridgehead atoms. The summed E-state index contributed by atoms with van der Waals surface area (Å²) in [6.07, 6.45) is 49.1. The van der Waals surface area contributed by atoms with Crippen LogP contribution in [0.3, 0.4) is 0 Å². The van der Waals surface area contributed by atoms with E-state index in [1.807, 2.05) is 0 Å². The van der Waals surface area contributed by atoms with E-state index < -0.39 is 0 Å². The fraction of sp³-hybridized carbons (Fsp3) is 0.973. The standard InChI is InChI=1S/C37H75NO/c1-2-3-4-5-6-7-8-9-10-11-12-13-14-15-16-17-18-19-20-21-22-23-24-25-26-27-28-29-30-31-32-33-34-35-36-37(38)39/h2-36H2,1H3,(H2,38,39). The van der Waals surface area contributed by atoms with Crippen LogP contribution in [0.1, 0.15) is 232 Å². The zero-order valence-corrected chi connectivity index (χ0v) is 27.2. The minimum atomic E-state index is -0.147. The van der Waals surface area contributed by atoms with E-state index in [0.29, 0.717) is 6.42 Å². The molecule has 1 amide bonds. The van der Waals surface area contributed by atoms with E-state index in [4.69, 9.17) is 5.73 Å². The molecular formula is C37H75NO. The summed E-state index contributed by atoms with van der Waals surface area (Å²) in [7, 11) is 0. The third-order valence-electron chi connectivity index (χ3n) is 8.78. The molecule has 0 radical (unpaired) electrons. The SMILES string of the molecule is CCCCCCCCCCCCCCCCCCCCCCCCCCCCCCCCCCCCC(N)=O. The molecule has 0 rings (SSSR count). The van der Waals surface area contributed by atoms with Crippen molar-refractivity contribution in [3.05, 3.63) is 0 Å². The van der Waals surface area contributed by atoms with Gasteiger partial charge in [0.2, 0.25) is 5.91 Å². The highest BCUT2D eigenvalue weighted by Crippen LogP contribution is 2.17. The van der Waals surface area contributed by atoms with Crippen molar-refractivity contribution in [2.24, 2.45) is 5.73 Å². The second kappa shape index (κ2) is 35.5. The smallest absolute Gasteiger partial charge is 0.217 e. The molecule has 0 aromatic heterocycles. The average Bonchev–Trinajstić information content (AvgIpc) is 2.93. The quantitative estimate of drug-likeness (QED) is 0.0785. The van der Waals surface area contributed by atoms with Gasteiger partial charge in [0.15, 0.2) is 0 Å². The number of carbonyl (C=O) groups is 1. The Morgan fingerprint density at radius 2 is 0.462 bits per heavy atom. The van der Waals surface area contributed by atoms with Crippen LogP contribution in [-0.2, 0) is 4.79 Å². The van der Waals surface area contributed by atoms with Crippen LogP contribution >= 0.6 is 0 Å². The molecule has 234 valence electrons. The monoisotopic (exact) mass is 550 g/mol. The zero-order chi connectivity index (χ0) is 28.3. The molecule has 0 aromatic carbocycles. The van der Waals surface area contributed by atoms with Gasteiger partial charge in [-0.1, -0.05) is 219 Å². The Morgan fingerprint density at radius 1 is 0.308 bits per heavy atom. The molecule has 39 heavy (non-hydrogen) atoms. The average molecular weight is 550 g/mol. The molecule has 0 fully saturated rings. The molecule has 0 saturated carbocycles. The molecule has 0 heterocycles. The van der Waals surface area contributed by atoms with Gasteiger partial charge in [0.05, 0.1) is 0 Å². The minimum absolute atomic E-state index is 0.147. The molecule has 0 spiro atoms. The molecular weight excluding hydrogens is 474 g/mol. The van der Waals surface area contributed by atoms with E-state index in [1.54, 1.807) is 0 Å². The second-order valence-electron chi connectivity index (χ2n) is 12.9. The second-order valence-corrected chi connectivity index (χ2v) is 12.9. The van der Waals surface area contributed by atoms with Crippen molar-refractivity contribution in [1.82, 2.24) is 0 Å². The highest BCUT2D eigenvalue weighted by atomic mass is 16.1. The Bertz CT molecular complexity index is 449. The molecule has 2 heteroatoms. The lowest BCUT2D eigenvalue weighted by Crippen LogP contribution is -2.09. The van der Waals surface area contributed by atoms with Gasteiger partial charge in [0, 0.05) is 6.42 Å². The predicted molar refractivity (Wildman–Crippen MR) is 176 cm³/mol. The van der Waals surface area contributed by atoms with Gasteiger partial charge < -0.3 is 5.73 Å². The van der Waals surface area contributed by atoms with Crippen molar-refractivity contribution in [3.8, 4) is 0 Å². The molecule has 0 aliphatic heterocycles. The van der Waals surface area contributed by atoms with Crippen LogP contribution in [0.5, 0.6) is 0 Å². The number of nitrogens with two attached hydrogens (primary N) is 1. The molecule has 2 nitrogen and oxygen atoms in total. The van der Waals surface area contributed by atoms with Crippen LogP contribution < -0.4 is 5.73 Å². The van der Waals surface area contributed by atoms with Crippen LogP contribution in [0.25, 0.3) is 0 Å². The molecule has 0 unspecified atom stereocenters. The van der Waals surface area contributed by atoms with Crippen molar-refractivity contribution >= 4 is 5.91 Å². The highest BCUT2D eigenvalue weighted by molar-refractivity contribution is 5.73. The molecule has 0 aromatic rings. The van der Waals surface area contributed by atoms with Crippen molar-refractivity contribution in [2.45, 2.75) is 232 Å². The van der Waals surface area contributed by atoms with Crippen LogP contribution in [0.15, 0.2) is 0 Å². The van der Waals surface area contributed by atoms with Crippen molar-refractivity contribution in [2.75, 3.05) is 0 Å². The molecule has 2 N–H and O–H groups in total. The lowest BCUT2D eigenvalue weighted by molar-refractivity contribution is -0.118. The van der Waals surface area contributed by atoms with Crippen molar-refractivity contribution < 1.29 is 4.79 Å². The summed E-state index contributed by atoms with van der Waals surface area (Å²) in [6, 6.07) is 0. The maximum absolute atomic E-state index is 10.7. The van der Waals surface area contributed by atoms with Crippen LogP contribution in [0.4, 0.5) is 0 Å². The minimum Gasteiger partial charge on any atom is -0.370 e. The van der Waals surface area contributed by atoms with Crippen LogP contribution in [0, 0.1) is 0 Å². The Labute approximate surface area is 247 Å². The molecule has 0 saturated heterocycles. The largest absolute Gasteiger partial charge is 0.370 e. The predicted octanol–water partition coefficient (Wildman–Crippen LogP) is 13.1. The van der Waals surface area contributed by atoms with E-state index in [2.05, 4.69) is 6.92 Å². The van der Waals surface area contributed by atoms with Gasteiger partial charge in [-0.05, 0) is 6.42 Å². The van der Waals surface area contributed by atoms with Crippen molar-refractivity contribution in [3.63, 3.8) is 0 Å². The maximum atomic E-state index is 10.7. The van der Waals surface area contributed by atoms with E-state index in [1.165, 1.54) is 212 Å². The lowest BCUT2D eigenvalue weighted by atomic mass is 10.0. The van der Waals surface area contributed by atoms with Gasteiger partial charge in [0.25, 0.3) is 0 Å². The summed E-state index contributed by atoms with van der Waals surface area (Å²) in [6.45, 7) is 2.30. The highest BCUT2D eigenvalue weighted by Gasteiger charge is 1.98. The van der Waals surface area contributed by atoms with Gasteiger partial charge in [-0.3, -0.25) is 4.79 Å². The van der Waals surface area contributed by atoms with Gasteiger partial charge >= 0.3 is 0 Å². The number of primary amides is 1. The normalized spacial score (nSPS) is 11.4. The van der Waals surface area contributed by atoms with E-state index >= 15 is 0 Å². The Hall–Kier alpha value is -0.530. The summed E-state index contributed by atoms with van der Waals surface area (Å²) in [5.74, 6) is -0.147. The summed E-state index contributed by atoms with van der Waals surface area (Å²) >= 11 is 0.